The van der Waals surface area contributed by atoms with Crippen LogP contribution in [-0.4, -0.2) is 30.4 Å². The van der Waals surface area contributed by atoms with Crippen molar-refractivity contribution in [2.24, 2.45) is 10.7 Å². The molecule has 0 aromatic heterocycles. The van der Waals surface area contributed by atoms with E-state index in [-0.39, 0.29) is 11.7 Å². The normalized spacial score (nSPS) is 19.8. The molecule has 1 heterocycles. The fourth-order valence-corrected chi connectivity index (χ4v) is 2.98. The number of alkyl halides is 2. The minimum atomic E-state index is -2.96. The van der Waals surface area contributed by atoms with Gasteiger partial charge in [0.25, 0.3) is 5.91 Å². The zero-order valence-corrected chi connectivity index (χ0v) is 14.0. The molecule has 2 aromatic carbocycles. The maximum absolute atomic E-state index is 13.3. The number of guanidine groups is 1. The Morgan fingerprint density at radius 2 is 1.77 bits per heavy atom. The standard InChI is InChI=1S/C18H16F3N3O2/c1-10-9-12(5-8-14(10)26-16(20)21)18(11-3-6-13(19)7-4-11)15(25)24(2)17(22)23-18/h3-9,16H,1-2H3,(H2,22,23). The summed E-state index contributed by atoms with van der Waals surface area (Å²) in [5.74, 6) is -0.890. The first kappa shape index (κ1) is 17.8. The van der Waals surface area contributed by atoms with Gasteiger partial charge in [-0.2, -0.15) is 8.78 Å². The van der Waals surface area contributed by atoms with Crippen molar-refractivity contribution in [3.05, 3.63) is 65.0 Å². The van der Waals surface area contributed by atoms with Gasteiger partial charge in [-0.1, -0.05) is 18.2 Å². The Kier molecular flexibility index (Phi) is 4.35. The van der Waals surface area contributed by atoms with Crippen LogP contribution in [0.25, 0.3) is 0 Å². The minimum Gasteiger partial charge on any atom is -0.435 e. The van der Waals surface area contributed by atoms with Gasteiger partial charge in [-0.3, -0.25) is 9.69 Å². The van der Waals surface area contributed by atoms with Gasteiger partial charge in [0, 0.05) is 7.05 Å². The summed E-state index contributed by atoms with van der Waals surface area (Å²) in [6.45, 7) is -1.38. The molecule has 0 radical (unpaired) electrons. The summed E-state index contributed by atoms with van der Waals surface area (Å²) in [5.41, 5.74) is 5.56. The molecule has 0 spiro atoms. The lowest BCUT2D eigenvalue weighted by atomic mass is 9.82. The topological polar surface area (TPSA) is 67.9 Å². The minimum absolute atomic E-state index is 0.00452. The lowest BCUT2D eigenvalue weighted by Gasteiger charge is -2.26. The van der Waals surface area contributed by atoms with Gasteiger partial charge in [-0.15, -0.1) is 0 Å². The summed E-state index contributed by atoms with van der Waals surface area (Å²) >= 11 is 0. The number of halogens is 3. The second kappa shape index (κ2) is 6.36. The predicted octanol–water partition coefficient (Wildman–Crippen LogP) is 2.77. The smallest absolute Gasteiger partial charge is 0.387 e. The van der Waals surface area contributed by atoms with E-state index in [1.807, 2.05) is 0 Å². The molecule has 1 aliphatic rings. The molecule has 136 valence electrons. The van der Waals surface area contributed by atoms with Crippen molar-refractivity contribution in [1.29, 1.82) is 0 Å². The van der Waals surface area contributed by atoms with Gasteiger partial charge >= 0.3 is 6.61 Å². The third kappa shape index (κ3) is 2.77. The van der Waals surface area contributed by atoms with E-state index in [2.05, 4.69) is 9.73 Å². The van der Waals surface area contributed by atoms with Gasteiger partial charge in [-0.05, 0) is 47.9 Å². The van der Waals surface area contributed by atoms with Crippen LogP contribution in [0, 0.1) is 12.7 Å². The van der Waals surface area contributed by atoms with Crippen molar-refractivity contribution < 1.29 is 22.7 Å². The number of aliphatic imine (C=N–C) groups is 1. The van der Waals surface area contributed by atoms with E-state index in [1.54, 1.807) is 6.92 Å². The molecule has 5 nitrogen and oxygen atoms in total. The largest absolute Gasteiger partial charge is 0.435 e. The zero-order valence-electron chi connectivity index (χ0n) is 14.0. The molecule has 2 N–H and O–H groups in total. The van der Waals surface area contributed by atoms with Gasteiger partial charge in [-0.25, -0.2) is 9.38 Å². The summed E-state index contributed by atoms with van der Waals surface area (Å²) in [6.07, 6.45) is 0. The third-order valence-electron chi connectivity index (χ3n) is 4.31. The van der Waals surface area contributed by atoms with E-state index in [0.29, 0.717) is 16.7 Å². The van der Waals surface area contributed by atoms with E-state index in [9.17, 15) is 18.0 Å². The average Bonchev–Trinajstić information content (AvgIpc) is 2.82. The average molecular weight is 363 g/mol. The van der Waals surface area contributed by atoms with Gasteiger partial charge in [0.2, 0.25) is 0 Å². The van der Waals surface area contributed by atoms with E-state index in [1.165, 1.54) is 54.4 Å². The Bertz CT molecular complexity index is 884. The Morgan fingerprint density at radius 1 is 1.15 bits per heavy atom. The van der Waals surface area contributed by atoms with Crippen LogP contribution in [0.15, 0.2) is 47.5 Å². The molecule has 3 rings (SSSR count). The summed E-state index contributed by atoms with van der Waals surface area (Å²) in [4.78, 5) is 18.5. The van der Waals surface area contributed by atoms with Crippen LogP contribution in [0.5, 0.6) is 5.75 Å². The summed E-state index contributed by atoms with van der Waals surface area (Å²) in [6, 6.07) is 9.69. The first-order valence-corrected chi connectivity index (χ1v) is 7.71. The van der Waals surface area contributed by atoms with Crippen molar-refractivity contribution >= 4 is 11.9 Å². The van der Waals surface area contributed by atoms with Gasteiger partial charge in [0.05, 0.1) is 0 Å². The number of nitrogens with zero attached hydrogens (tertiary/aromatic N) is 2. The van der Waals surface area contributed by atoms with Crippen molar-refractivity contribution in [1.82, 2.24) is 4.90 Å². The van der Waals surface area contributed by atoms with Crippen LogP contribution in [-0.2, 0) is 10.3 Å². The van der Waals surface area contributed by atoms with E-state index >= 15 is 0 Å². The van der Waals surface area contributed by atoms with E-state index < -0.39 is 23.9 Å². The highest BCUT2D eigenvalue weighted by Gasteiger charge is 2.49. The van der Waals surface area contributed by atoms with Crippen LogP contribution in [0.2, 0.25) is 0 Å². The molecule has 0 bridgehead atoms. The molecule has 1 atom stereocenters. The molecule has 1 unspecified atom stereocenters. The number of rotatable bonds is 4. The molecule has 1 amide bonds. The van der Waals surface area contributed by atoms with Crippen molar-refractivity contribution in [3.8, 4) is 5.75 Å². The molecular weight excluding hydrogens is 347 g/mol. The number of ether oxygens (including phenoxy) is 1. The molecular formula is C18H16F3N3O2. The molecule has 26 heavy (non-hydrogen) atoms. The second-order valence-corrected chi connectivity index (χ2v) is 5.91. The Morgan fingerprint density at radius 3 is 2.27 bits per heavy atom. The lowest BCUT2D eigenvalue weighted by molar-refractivity contribution is -0.129. The van der Waals surface area contributed by atoms with Crippen molar-refractivity contribution in [2.45, 2.75) is 19.1 Å². The van der Waals surface area contributed by atoms with Crippen LogP contribution in [0.1, 0.15) is 16.7 Å². The van der Waals surface area contributed by atoms with Crippen LogP contribution in [0.4, 0.5) is 13.2 Å². The predicted molar refractivity (Wildman–Crippen MR) is 89.4 cm³/mol. The SMILES string of the molecule is Cc1cc(C2(c3ccc(F)cc3)N=C(N)N(C)C2=O)ccc1OC(F)F. The highest BCUT2D eigenvalue weighted by atomic mass is 19.3. The van der Waals surface area contributed by atoms with Crippen LogP contribution >= 0.6 is 0 Å². The summed E-state index contributed by atoms with van der Waals surface area (Å²) in [7, 11) is 1.48. The van der Waals surface area contributed by atoms with Crippen LogP contribution < -0.4 is 10.5 Å². The maximum Gasteiger partial charge on any atom is 0.387 e. The number of likely N-dealkylation sites (N-methyl/N-ethyl adjacent to an activating group) is 1. The number of aryl methyl sites for hydroxylation is 1. The molecule has 8 heteroatoms. The highest BCUT2D eigenvalue weighted by molar-refractivity contribution is 6.08. The molecule has 0 saturated carbocycles. The fourth-order valence-electron chi connectivity index (χ4n) is 2.98. The molecule has 2 aromatic rings. The summed E-state index contributed by atoms with van der Waals surface area (Å²) < 4.78 is 42.8. The van der Waals surface area contributed by atoms with Crippen molar-refractivity contribution in [2.75, 3.05) is 7.05 Å². The monoisotopic (exact) mass is 363 g/mol. The lowest BCUT2D eigenvalue weighted by Crippen LogP contribution is -2.41. The number of carbonyl (C=O) groups excluding carboxylic acids is 1. The molecule has 1 aliphatic heterocycles. The number of amides is 1. The van der Waals surface area contributed by atoms with Crippen molar-refractivity contribution in [3.63, 3.8) is 0 Å². The van der Waals surface area contributed by atoms with Gasteiger partial charge < -0.3 is 10.5 Å². The number of benzene rings is 2. The van der Waals surface area contributed by atoms with E-state index in [0.717, 1.165) is 0 Å². The zero-order chi connectivity index (χ0) is 19.1. The molecule has 0 fully saturated rings. The first-order valence-electron chi connectivity index (χ1n) is 7.71. The molecule has 0 saturated heterocycles. The van der Waals surface area contributed by atoms with Gasteiger partial charge in [0.15, 0.2) is 11.5 Å². The molecule has 0 aliphatic carbocycles. The van der Waals surface area contributed by atoms with Crippen LogP contribution in [0.3, 0.4) is 0 Å². The maximum atomic E-state index is 13.3. The van der Waals surface area contributed by atoms with E-state index in [4.69, 9.17) is 5.73 Å². The number of nitrogens with two attached hydrogens (primary N) is 1. The number of carbonyl (C=O) groups is 1. The van der Waals surface area contributed by atoms with Gasteiger partial charge in [0.1, 0.15) is 11.6 Å². The Hall–Kier alpha value is -3.03. The Labute approximate surface area is 147 Å². The first-order chi connectivity index (χ1) is 12.3. The number of hydrogen-bond donors (Lipinski definition) is 1. The Balaban J connectivity index is 2.19. The summed E-state index contributed by atoms with van der Waals surface area (Å²) in [5, 5.41) is 0. The quantitative estimate of drug-likeness (QED) is 0.908. The third-order valence-corrected chi connectivity index (χ3v) is 4.31. The second-order valence-electron chi connectivity index (χ2n) is 5.91. The highest BCUT2D eigenvalue weighted by Crippen LogP contribution is 2.40. The number of hydrogen-bond acceptors (Lipinski definition) is 4. The fraction of sp³-hybridized carbons (Fsp3) is 0.222.